The largest absolute Gasteiger partial charge is 0.417 e. The SMILES string of the molecule is CCn1c(-c2ccccc2C(F)(F)F)nnc1S(=O)(=O)Cl. The van der Waals surface area contributed by atoms with Gasteiger partial charge in [0.15, 0.2) is 5.82 Å². The summed E-state index contributed by atoms with van der Waals surface area (Å²) in [6, 6.07) is 4.72. The first-order valence-electron chi connectivity index (χ1n) is 5.70. The van der Waals surface area contributed by atoms with Crippen LogP contribution in [0, 0.1) is 0 Å². The minimum Gasteiger partial charge on any atom is -0.297 e. The highest BCUT2D eigenvalue weighted by Crippen LogP contribution is 2.36. The minimum atomic E-state index is -4.60. The summed E-state index contributed by atoms with van der Waals surface area (Å²) in [4.78, 5) is 0. The fourth-order valence-corrected chi connectivity index (χ4v) is 2.84. The van der Waals surface area contributed by atoms with Crippen LogP contribution in [0.4, 0.5) is 13.2 Å². The van der Waals surface area contributed by atoms with Gasteiger partial charge in [-0.15, -0.1) is 10.2 Å². The molecule has 1 aromatic carbocycles. The first kappa shape index (κ1) is 15.8. The molecule has 0 bridgehead atoms. The number of nitrogens with zero attached hydrogens (tertiary/aromatic N) is 3. The molecule has 0 fully saturated rings. The van der Waals surface area contributed by atoms with Crippen LogP contribution in [0.25, 0.3) is 11.4 Å². The lowest BCUT2D eigenvalue weighted by Crippen LogP contribution is -2.10. The zero-order chi connectivity index (χ0) is 15.8. The van der Waals surface area contributed by atoms with Gasteiger partial charge in [0.25, 0.3) is 14.2 Å². The summed E-state index contributed by atoms with van der Waals surface area (Å²) in [7, 11) is 0.999. The summed E-state index contributed by atoms with van der Waals surface area (Å²) in [6.45, 7) is 1.60. The standard InChI is InChI=1S/C11H9ClF3N3O2S/c1-2-18-9(16-17-10(18)21(12,19)20)7-5-3-4-6-8(7)11(13,14)15/h3-6H,2H2,1H3. The molecule has 10 heteroatoms. The van der Waals surface area contributed by atoms with E-state index in [1.807, 2.05) is 0 Å². The summed E-state index contributed by atoms with van der Waals surface area (Å²) in [5, 5.41) is 6.35. The Morgan fingerprint density at radius 1 is 1.24 bits per heavy atom. The molecule has 114 valence electrons. The summed E-state index contributed by atoms with van der Waals surface area (Å²) >= 11 is 0. The number of halogens is 4. The van der Waals surface area contributed by atoms with Crippen molar-refractivity contribution in [3.63, 3.8) is 0 Å². The minimum absolute atomic E-state index is 0.0514. The molecule has 0 amide bonds. The van der Waals surface area contributed by atoms with Crippen LogP contribution in [0.2, 0.25) is 0 Å². The van der Waals surface area contributed by atoms with Crippen molar-refractivity contribution in [1.82, 2.24) is 14.8 Å². The average Bonchev–Trinajstić information content (AvgIpc) is 2.81. The lowest BCUT2D eigenvalue weighted by molar-refractivity contribution is -0.137. The van der Waals surface area contributed by atoms with Crippen molar-refractivity contribution < 1.29 is 21.6 Å². The Morgan fingerprint density at radius 3 is 2.38 bits per heavy atom. The van der Waals surface area contributed by atoms with Crippen LogP contribution in [-0.4, -0.2) is 23.2 Å². The Hall–Kier alpha value is -1.61. The van der Waals surface area contributed by atoms with Gasteiger partial charge >= 0.3 is 6.18 Å². The maximum atomic E-state index is 13.0. The molecule has 0 saturated carbocycles. The molecule has 0 radical (unpaired) electrons. The Morgan fingerprint density at radius 2 is 1.86 bits per heavy atom. The molecule has 0 unspecified atom stereocenters. The molecular formula is C11H9ClF3N3O2S. The van der Waals surface area contributed by atoms with Gasteiger partial charge in [0, 0.05) is 22.8 Å². The van der Waals surface area contributed by atoms with Crippen molar-refractivity contribution in [2.24, 2.45) is 0 Å². The zero-order valence-electron chi connectivity index (χ0n) is 10.6. The maximum absolute atomic E-state index is 13.0. The van der Waals surface area contributed by atoms with Gasteiger partial charge in [-0.2, -0.15) is 13.2 Å². The van der Waals surface area contributed by atoms with Crippen LogP contribution in [0.1, 0.15) is 12.5 Å². The van der Waals surface area contributed by atoms with Crippen molar-refractivity contribution in [3.05, 3.63) is 29.8 Å². The molecule has 2 rings (SSSR count). The van der Waals surface area contributed by atoms with E-state index in [4.69, 9.17) is 10.7 Å². The summed E-state index contributed by atoms with van der Waals surface area (Å²) < 4.78 is 62.8. The lowest BCUT2D eigenvalue weighted by atomic mass is 10.1. The number of alkyl halides is 3. The Labute approximate surface area is 122 Å². The van der Waals surface area contributed by atoms with E-state index in [9.17, 15) is 21.6 Å². The highest BCUT2D eigenvalue weighted by molar-refractivity contribution is 8.13. The highest BCUT2D eigenvalue weighted by atomic mass is 35.7. The number of hydrogen-bond donors (Lipinski definition) is 0. The summed E-state index contributed by atoms with van der Waals surface area (Å²) in [5.74, 6) is -0.204. The first-order valence-corrected chi connectivity index (χ1v) is 8.01. The van der Waals surface area contributed by atoms with Crippen molar-refractivity contribution in [1.29, 1.82) is 0 Å². The fourth-order valence-electron chi connectivity index (χ4n) is 1.88. The van der Waals surface area contributed by atoms with Crippen molar-refractivity contribution in [3.8, 4) is 11.4 Å². The molecule has 1 heterocycles. The summed E-state index contributed by atoms with van der Waals surface area (Å²) in [5.41, 5.74) is -1.18. The lowest BCUT2D eigenvalue weighted by Gasteiger charge is -2.12. The summed E-state index contributed by atoms with van der Waals surface area (Å²) in [6.07, 6.45) is -4.60. The van der Waals surface area contributed by atoms with E-state index >= 15 is 0 Å². The van der Waals surface area contributed by atoms with Gasteiger partial charge in [-0.1, -0.05) is 18.2 Å². The fraction of sp³-hybridized carbons (Fsp3) is 0.273. The molecule has 2 aromatic rings. The van der Waals surface area contributed by atoms with Crippen molar-refractivity contribution >= 4 is 19.7 Å². The van der Waals surface area contributed by atoms with Gasteiger partial charge in [0.2, 0.25) is 0 Å². The van der Waals surface area contributed by atoms with Crippen molar-refractivity contribution in [2.75, 3.05) is 0 Å². The van der Waals surface area contributed by atoms with E-state index in [0.29, 0.717) is 0 Å². The molecule has 1 aromatic heterocycles. The molecular weight excluding hydrogens is 331 g/mol. The maximum Gasteiger partial charge on any atom is 0.417 e. The average molecular weight is 340 g/mol. The quantitative estimate of drug-likeness (QED) is 0.806. The molecule has 0 aliphatic heterocycles. The molecule has 5 nitrogen and oxygen atoms in total. The number of benzene rings is 1. The van der Waals surface area contributed by atoms with Crippen LogP contribution < -0.4 is 0 Å². The smallest absolute Gasteiger partial charge is 0.297 e. The Kier molecular flexibility index (Phi) is 3.98. The predicted molar refractivity (Wildman–Crippen MR) is 69.2 cm³/mol. The van der Waals surface area contributed by atoms with Gasteiger partial charge in [0.1, 0.15) is 0 Å². The van der Waals surface area contributed by atoms with E-state index in [1.165, 1.54) is 18.2 Å². The van der Waals surface area contributed by atoms with Crippen LogP contribution in [-0.2, 0) is 21.8 Å². The third kappa shape index (κ3) is 3.03. The number of aromatic nitrogens is 3. The predicted octanol–water partition coefficient (Wildman–Crippen LogP) is 2.91. The second-order valence-electron chi connectivity index (χ2n) is 4.03. The van der Waals surface area contributed by atoms with Crippen LogP contribution in [0.15, 0.2) is 29.4 Å². The molecule has 0 aliphatic carbocycles. The number of rotatable bonds is 3. The van der Waals surface area contributed by atoms with E-state index in [1.54, 1.807) is 6.92 Å². The van der Waals surface area contributed by atoms with E-state index < -0.39 is 25.9 Å². The van der Waals surface area contributed by atoms with Crippen LogP contribution in [0.5, 0.6) is 0 Å². The van der Waals surface area contributed by atoms with Crippen LogP contribution >= 0.6 is 10.7 Å². The first-order chi connectivity index (χ1) is 9.66. The van der Waals surface area contributed by atoms with Gasteiger partial charge < -0.3 is 0 Å². The number of hydrogen-bond acceptors (Lipinski definition) is 4. The van der Waals surface area contributed by atoms with E-state index in [0.717, 1.165) is 10.6 Å². The highest BCUT2D eigenvalue weighted by Gasteiger charge is 2.35. The third-order valence-corrected chi connectivity index (χ3v) is 3.88. The zero-order valence-corrected chi connectivity index (χ0v) is 12.2. The third-order valence-electron chi connectivity index (χ3n) is 2.72. The molecule has 0 atom stereocenters. The van der Waals surface area contributed by atoms with E-state index in [-0.39, 0.29) is 17.9 Å². The van der Waals surface area contributed by atoms with Gasteiger partial charge in [0.05, 0.1) is 5.56 Å². The van der Waals surface area contributed by atoms with Gasteiger partial charge in [-0.25, -0.2) is 8.42 Å². The monoisotopic (exact) mass is 339 g/mol. The van der Waals surface area contributed by atoms with Crippen molar-refractivity contribution in [2.45, 2.75) is 24.8 Å². The molecule has 0 aliphatic rings. The Balaban J connectivity index is 2.73. The van der Waals surface area contributed by atoms with E-state index in [2.05, 4.69) is 10.2 Å². The molecule has 0 N–H and O–H groups in total. The topological polar surface area (TPSA) is 64.8 Å². The molecule has 21 heavy (non-hydrogen) atoms. The van der Waals surface area contributed by atoms with Crippen LogP contribution in [0.3, 0.4) is 0 Å². The Bertz CT molecular complexity index is 771. The normalized spacial score (nSPS) is 12.6. The second-order valence-corrected chi connectivity index (χ2v) is 6.49. The van der Waals surface area contributed by atoms with Gasteiger partial charge in [-0.05, 0) is 13.0 Å². The molecule has 0 spiro atoms. The second kappa shape index (κ2) is 5.30. The van der Waals surface area contributed by atoms with Gasteiger partial charge in [-0.3, -0.25) is 4.57 Å². The molecule has 0 saturated heterocycles.